The summed E-state index contributed by atoms with van der Waals surface area (Å²) in [5.41, 5.74) is 0.959. The van der Waals surface area contributed by atoms with Crippen molar-refractivity contribution in [1.82, 2.24) is 4.90 Å². The third-order valence-electron chi connectivity index (χ3n) is 2.49. The first-order chi connectivity index (χ1) is 8.45. The van der Waals surface area contributed by atoms with E-state index in [4.69, 9.17) is 11.6 Å². The van der Waals surface area contributed by atoms with Crippen LogP contribution in [0, 0.1) is 17.0 Å². The van der Waals surface area contributed by atoms with Crippen LogP contribution in [0.5, 0.6) is 0 Å². The molecule has 0 heterocycles. The minimum absolute atomic E-state index is 0.0657. The summed E-state index contributed by atoms with van der Waals surface area (Å²) < 4.78 is 0. The number of carbonyl (C=O) groups excluding carboxylic acids is 1. The fourth-order valence-corrected chi connectivity index (χ4v) is 1.73. The van der Waals surface area contributed by atoms with Crippen LogP contribution in [0.1, 0.15) is 22.3 Å². The Kier molecular flexibility index (Phi) is 5.09. The first kappa shape index (κ1) is 14.4. The zero-order valence-corrected chi connectivity index (χ0v) is 11.1. The number of rotatable bonds is 5. The molecule has 0 saturated carbocycles. The molecule has 1 amide bonds. The normalized spacial score (nSPS) is 10.2. The Bertz CT molecular complexity index is 463. The van der Waals surface area contributed by atoms with Crippen LogP contribution in [-0.2, 0) is 0 Å². The second-order valence-electron chi connectivity index (χ2n) is 4.08. The summed E-state index contributed by atoms with van der Waals surface area (Å²) in [6, 6.07) is 4.38. The molecule has 0 saturated heterocycles. The lowest BCUT2D eigenvalue weighted by molar-refractivity contribution is -0.384. The van der Waals surface area contributed by atoms with Gasteiger partial charge in [0.15, 0.2) is 0 Å². The summed E-state index contributed by atoms with van der Waals surface area (Å²) in [6.07, 6.45) is 0.692. The van der Waals surface area contributed by atoms with Gasteiger partial charge in [-0.05, 0) is 25.0 Å². The second-order valence-corrected chi connectivity index (χ2v) is 4.46. The van der Waals surface area contributed by atoms with Crippen molar-refractivity contribution in [1.29, 1.82) is 0 Å². The maximum absolute atomic E-state index is 12.0. The highest BCUT2D eigenvalue weighted by Crippen LogP contribution is 2.17. The van der Waals surface area contributed by atoms with Crippen molar-refractivity contribution in [2.75, 3.05) is 19.5 Å². The zero-order chi connectivity index (χ0) is 13.7. The van der Waals surface area contributed by atoms with Gasteiger partial charge in [0.1, 0.15) is 0 Å². The molecule has 0 unspecified atom stereocenters. The predicted octanol–water partition coefficient (Wildman–Crippen LogP) is 2.60. The molecule has 1 rings (SSSR count). The van der Waals surface area contributed by atoms with E-state index in [1.165, 1.54) is 17.0 Å². The Morgan fingerprint density at radius 2 is 2.11 bits per heavy atom. The van der Waals surface area contributed by atoms with E-state index >= 15 is 0 Å². The number of nitro groups is 1. The molecule has 0 radical (unpaired) electrons. The van der Waals surface area contributed by atoms with Crippen LogP contribution >= 0.6 is 11.6 Å². The fourth-order valence-electron chi connectivity index (χ4n) is 1.61. The minimum Gasteiger partial charge on any atom is -0.342 e. The van der Waals surface area contributed by atoms with Crippen LogP contribution in [0.3, 0.4) is 0 Å². The average molecular weight is 271 g/mol. The molecule has 0 atom stereocenters. The lowest BCUT2D eigenvalue weighted by Gasteiger charge is -2.16. The molecule has 0 aromatic heterocycles. The SMILES string of the molecule is Cc1cc(C(=O)N(C)CCCCl)cc([N+](=O)[O-])c1. The third-order valence-corrected chi connectivity index (χ3v) is 2.76. The molecule has 5 nitrogen and oxygen atoms in total. The smallest absolute Gasteiger partial charge is 0.270 e. The van der Waals surface area contributed by atoms with Crippen LogP contribution in [-0.4, -0.2) is 35.2 Å². The Balaban J connectivity index is 2.95. The molecule has 0 fully saturated rings. The Morgan fingerprint density at radius 1 is 1.44 bits per heavy atom. The number of nitro benzene ring substituents is 1. The molecule has 98 valence electrons. The second kappa shape index (κ2) is 6.35. The summed E-state index contributed by atoms with van der Waals surface area (Å²) in [5, 5.41) is 10.7. The molecule has 0 N–H and O–H groups in total. The number of amides is 1. The molecule has 0 aliphatic rings. The molecule has 6 heteroatoms. The molecule has 0 aliphatic carbocycles. The molecular formula is C12H15ClN2O3. The van der Waals surface area contributed by atoms with E-state index in [0.717, 1.165) is 0 Å². The number of benzene rings is 1. The maximum atomic E-state index is 12.0. The van der Waals surface area contributed by atoms with E-state index < -0.39 is 4.92 Å². The molecule has 18 heavy (non-hydrogen) atoms. The number of aryl methyl sites for hydroxylation is 1. The number of halogens is 1. The van der Waals surface area contributed by atoms with Crippen molar-refractivity contribution in [3.63, 3.8) is 0 Å². The van der Waals surface area contributed by atoms with Gasteiger partial charge in [-0.1, -0.05) is 0 Å². The summed E-state index contributed by atoms with van der Waals surface area (Å²) in [4.78, 5) is 23.8. The molecule has 1 aromatic carbocycles. The van der Waals surface area contributed by atoms with Crippen molar-refractivity contribution < 1.29 is 9.72 Å². The average Bonchev–Trinajstić information content (AvgIpc) is 2.34. The summed E-state index contributed by atoms with van der Waals surface area (Å²) in [5.74, 6) is 0.248. The third kappa shape index (κ3) is 3.70. The highest BCUT2D eigenvalue weighted by Gasteiger charge is 2.16. The van der Waals surface area contributed by atoms with E-state index in [1.54, 1.807) is 20.0 Å². The van der Waals surface area contributed by atoms with Crippen LogP contribution < -0.4 is 0 Å². The first-order valence-electron chi connectivity index (χ1n) is 5.53. The van der Waals surface area contributed by atoms with E-state index in [9.17, 15) is 14.9 Å². The van der Waals surface area contributed by atoms with Crippen LogP contribution in [0.4, 0.5) is 5.69 Å². The van der Waals surface area contributed by atoms with Crippen molar-refractivity contribution in [2.24, 2.45) is 0 Å². The molecule has 0 bridgehead atoms. The van der Waals surface area contributed by atoms with Crippen molar-refractivity contribution in [3.8, 4) is 0 Å². The number of alkyl halides is 1. The van der Waals surface area contributed by atoms with Gasteiger partial charge in [-0.25, -0.2) is 0 Å². The van der Waals surface area contributed by atoms with E-state index in [-0.39, 0.29) is 11.6 Å². The van der Waals surface area contributed by atoms with E-state index in [0.29, 0.717) is 30.0 Å². The van der Waals surface area contributed by atoms with Crippen molar-refractivity contribution >= 4 is 23.2 Å². The van der Waals surface area contributed by atoms with Gasteiger partial charge in [0, 0.05) is 37.2 Å². The quantitative estimate of drug-likeness (QED) is 0.469. The van der Waals surface area contributed by atoms with Gasteiger partial charge in [-0.15, -0.1) is 11.6 Å². The number of non-ortho nitro benzene ring substituents is 1. The topological polar surface area (TPSA) is 63.5 Å². The zero-order valence-electron chi connectivity index (χ0n) is 10.4. The van der Waals surface area contributed by atoms with Crippen LogP contribution in [0.15, 0.2) is 18.2 Å². The van der Waals surface area contributed by atoms with Gasteiger partial charge < -0.3 is 4.90 Å². The van der Waals surface area contributed by atoms with Crippen LogP contribution in [0.2, 0.25) is 0 Å². The number of nitrogens with zero attached hydrogens (tertiary/aromatic N) is 2. The Labute approximate surface area is 110 Å². The lowest BCUT2D eigenvalue weighted by Crippen LogP contribution is -2.28. The molecule has 1 aromatic rings. The van der Waals surface area contributed by atoms with Gasteiger partial charge in [0.2, 0.25) is 0 Å². The molecular weight excluding hydrogens is 256 g/mol. The summed E-state index contributed by atoms with van der Waals surface area (Å²) in [6.45, 7) is 2.26. The number of hydrogen-bond donors (Lipinski definition) is 0. The van der Waals surface area contributed by atoms with Gasteiger partial charge in [0.05, 0.1) is 4.92 Å². The summed E-state index contributed by atoms with van der Waals surface area (Å²) in [7, 11) is 1.66. The van der Waals surface area contributed by atoms with E-state index in [2.05, 4.69) is 0 Å². The van der Waals surface area contributed by atoms with Gasteiger partial charge in [0.25, 0.3) is 11.6 Å². The van der Waals surface area contributed by atoms with Gasteiger partial charge in [-0.2, -0.15) is 0 Å². The molecule has 0 aliphatic heterocycles. The largest absolute Gasteiger partial charge is 0.342 e. The highest BCUT2D eigenvalue weighted by atomic mass is 35.5. The predicted molar refractivity (Wildman–Crippen MR) is 70.1 cm³/mol. The van der Waals surface area contributed by atoms with Crippen molar-refractivity contribution in [3.05, 3.63) is 39.4 Å². The number of carbonyl (C=O) groups is 1. The first-order valence-corrected chi connectivity index (χ1v) is 6.06. The fraction of sp³-hybridized carbons (Fsp3) is 0.417. The van der Waals surface area contributed by atoms with Gasteiger partial charge in [-0.3, -0.25) is 14.9 Å². The standard InChI is InChI=1S/C12H15ClN2O3/c1-9-6-10(8-11(7-9)15(17)18)12(16)14(2)5-3-4-13/h6-8H,3-5H2,1-2H3. The summed E-state index contributed by atoms with van der Waals surface area (Å²) >= 11 is 5.56. The number of hydrogen-bond acceptors (Lipinski definition) is 3. The Hall–Kier alpha value is -1.62. The highest BCUT2D eigenvalue weighted by molar-refractivity contribution is 6.17. The maximum Gasteiger partial charge on any atom is 0.270 e. The monoisotopic (exact) mass is 270 g/mol. The Morgan fingerprint density at radius 3 is 2.67 bits per heavy atom. The van der Waals surface area contributed by atoms with Crippen molar-refractivity contribution in [2.45, 2.75) is 13.3 Å². The van der Waals surface area contributed by atoms with E-state index in [1.807, 2.05) is 0 Å². The van der Waals surface area contributed by atoms with Crippen LogP contribution in [0.25, 0.3) is 0 Å². The molecule has 0 spiro atoms. The minimum atomic E-state index is -0.497. The van der Waals surface area contributed by atoms with Gasteiger partial charge >= 0.3 is 0 Å². The lowest BCUT2D eigenvalue weighted by atomic mass is 10.1.